The molecule has 1 aromatic carbocycles. The quantitative estimate of drug-likeness (QED) is 0.683. The number of carbonyl (C=O) groups is 1. The normalized spacial score (nSPS) is 24.3. The maximum Gasteiger partial charge on any atom is 0.413 e. The van der Waals surface area contributed by atoms with Crippen molar-refractivity contribution in [1.29, 1.82) is 0 Å². The van der Waals surface area contributed by atoms with Gasteiger partial charge in [0.25, 0.3) is 0 Å². The van der Waals surface area contributed by atoms with Crippen molar-refractivity contribution in [3.8, 4) is 0 Å². The number of aliphatic imine (C=N–C) groups is 1. The van der Waals surface area contributed by atoms with Gasteiger partial charge in [-0.05, 0) is 74.7 Å². The fourth-order valence-corrected chi connectivity index (χ4v) is 4.28. The molecule has 1 amide bonds. The molecule has 2 rings (SSSR count). The highest BCUT2D eigenvalue weighted by molar-refractivity contribution is 9.10. The number of amides is 1. The SMILES string of the molecule is C[C@@H]1C[C@@](C)(c2ccc(F)c(Br)c2)SC(NC(=O)OC(C)(C)C)=N1. The lowest BCUT2D eigenvalue weighted by atomic mass is 9.93. The Kier molecular flexibility index (Phi) is 5.64. The van der Waals surface area contributed by atoms with E-state index in [4.69, 9.17) is 4.74 Å². The predicted molar refractivity (Wildman–Crippen MR) is 99.9 cm³/mol. The largest absolute Gasteiger partial charge is 0.444 e. The molecule has 0 unspecified atom stereocenters. The Morgan fingerprint density at radius 2 is 2.17 bits per heavy atom. The van der Waals surface area contributed by atoms with Gasteiger partial charge >= 0.3 is 6.09 Å². The molecule has 0 bridgehead atoms. The minimum Gasteiger partial charge on any atom is -0.444 e. The molecule has 1 heterocycles. The van der Waals surface area contributed by atoms with Gasteiger partial charge in [-0.2, -0.15) is 0 Å². The van der Waals surface area contributed by atoms with Crippen LogP contribution in [0.25, 0.3) is 0 Å². The van der Waals surface area contributed by atoms with E-state index in [1.807, 2.05) is 27.7 Å². The molecule has 0 saturated carbocycles. The van der Waals surface area contributed by atoms with E-state index in [1.165, 1.54) is 17.8 Å². The highest BCUT2D eigenvalue weighted by Gasteiger charge is 2.36. The Hall–Kier alpha value is -1.08. The molecule has 1 aromatic rings. The number of alkyl carbamates (subject to hydrolysis) is 1. The summed E-state index contributed by atoms with van der Waals surface area (Å²) in [5.74, 6) is -0.294. The molecule has 0 saturated heterocycles. The van der Waals surface area contributed by atoms with Gasteiger partial charge in [0.05, 0.1) is 10.5 Å². The predicted octanol–water partition coefficient (Wildman–Crippen LogP) is 5.21. The molecule has 0 aromatic heterocycles. The first kappa shape index (κ1) is 19.2. The summed E-state index contributed by atoms with van der Waals surface area (Å²) in [5.41, 5.74) is 0.409. The lowest BCUT2D eigenvalue weighted by Gasteiger charge is -2.35. The third-order valence-corrected chi connectivity index (χ3v) is 5.34. The van der Waals surface area contributed by atoms with E-state index >= 15 is 0 Å². The van der Waals surface area contributed by atoms with E-state index in [1.54, 1.807) is 12.1 Å². The van der Waals surface area contributed by atoms with Crippen molar-refractivity contribution in [3.63, 3.8) is 0 Å². The van der Waals surface area contributed by atoms with Crippen LogP contribution in [0, 0.1) is 5.82 Å². The second-order valence-electron chi connectivity index (χ2n) is 7.08. The molecule has 0 spiro atoms. The molecule has 132 valence electrons. The molecule has 1 aliphatic heterocycles. The minimum absolute atomic E-state index is 0.0324. The third kappa shape index (κ3) is 4.96. The summed E-state index contributed by atoms with van der Waals surface area (Å²) < 4.78 is 18.9. The number of hydrogen-bond donors (Lipinski definition) is 1. The van der Waals surface area contributed by atoms with E-state index < -0.39 is 11.7 Å². The summed E-state index contributed by atoms with van der Waals surface area (Å²) in [6, 6.07) is 5.04. The van der Waals surface area contributed by atoms with Gasteiger partial charge in [0.15, 0.2) is 5.17 Å². The van der Waals surface area contributed by atoms with Gasteiger partial charge in [-0.3, -0.25) is 10.3 Å². The second-order valence-corrected chi connectivity index (χ2v) is 9.42. The zero-order valence-electron chi connectivity index (χ0n) is 14.4. The van der Waals surface area contributed by atoms with Crippen LogP contribution in [0.2, 0.25) is 0 Å². The first-order valence-electron chi connectivity index (χ1n) is 7.71. The van der Waals surface area contributed by atoms with Crippen molar-refractivity contribution >= 4 is 39.0 Å². The van der Waals surface area contributed by atoms with Crippen molar-refractivity contribution in [2.75, 3.05) is 0 Å². The molecular formula is C17H22BrFN2O2S. The topological polar surface area (TPSA) is 50.7 Å². The molecule has 7 heteroatoms. The Bertz CT molecular complexity index is 675. The summed E-state index contributed by atoms with van der Waals surface area (Å²) in [6.45, 7) is 9.49. The maximum absolute atomic E-state index is 13.5. The first-order valence-corrected chi connectivity index (χ1v) is 9.32. The van der Waals surface area contributed by atoms with Crippen molar-refractivity contribution in [1.82, 2.24) is 5.32 Å². The van der Waals surface area contributed by atoms with Crippen LogP contribution in [-0.4, -0.2) is 22.9 Å². The van der Waals surface area contributed by atoms with Crippen LogP contribution in [0.3, 0.4) is 0 Å². The van der Waals surface area contributed by atoms with E-state index in [9.17, 15) is 9.18 Å². The summed E-state index contributed by atoms with van der Waals surface area (Å²) >= 11 is 4.69. The van der Waals surface area contributed by atoms with Gasteiger partial charge in [-0.15, -0.1) is 0 Å². The number of nitrogens with zero attached hydrogens (tertiary/aromatic N) is 1. The van der Waals surface area contributed by atoms with E-state index in [0.717, 1.165) is 12.0 Å². The van der Waals surface area contributed by atoms with Crippen molar-refractivity contribution in [2.24, 2.45) is 4.99 Å². The fourth-order valence-electron chi connectivity index (χ4n) is 2.54. The number of halogens is 2. The standard InChI is InChI=1S/C17H22BrFN2O2S/c1-10-9-17(5,11-6-7-13(19)12(18)8-11)24-14(20-10)21-15(22)23-16(2,3)4/h6-8,10H,9H2,1-5H3,(H,20,21,22)/t10-,17+/m1/s1. The van der Waals surface area contributed by atoms with E-state index in [2.05, 4.69) is 33.2 Å². The van der Waals surface area contributed by atoms with Crippen LogP contribution in [-0.2, 0) is 9.48 Å². The average molecular weight is 417 g/mol. The Morgan fingerprint density at radius 1 is 1.50 bits per heavy atom. The molecule has 1 aliphatic rings. The van der Waals surface area contributed by atoms with Crippen LogP contribution in [0.4, 0.5) is 9.18 Å². The summed E-state index contributed by atoms with van der Waals surface area (Å²) in [7, 11) is 0. The zero-order valence-corrected chi connectivity index (χ0v) is 16.8. The monoisotopic (exact) mass is 416 g/mol. The molecular weight excluding hydrogens is 395 g/mol. The number of rotatable bonds is 1. The van der Waals surface area contributed by atoms with Crippen molar-refractivity contribution < 1.29 is 13.9 Å². The minimum atomic E-state index is -0.569. The summed E-state index contributed by atoms with van der Waals surface area (Å²) in [6.07, 6.45) is 0.264. The summed E-state index contributed by atoms with van der Waals surface area (Å²) in [5, 5.41) is 3.24. The fraction of sp³-hybridized carbons (Fsp3) is 0.529. The van der Waals surface area contributed by atoms with Gasteiger partial charge in [-0.1, -0.05) is 17.8 Å². The Balaban J connectivity index is 2.19. The molecule has 24 heavy (non-hydrogen) atoms. The molecule has 4 nitrogen and oxygen atoms in total. The lowest BCUT2D eigenvalue weighted by Crippen LogP contribution is -2.40. The zero-order chi connectivity index (χ0) is 18.1. The highest BCUT2D eigenvalue weighted by Crippen LogP contribution is 2.45. The summed E-state index contributed by atoms with van der Waals surface area (Å²) in [4.78, 5) is 16.5. The number of amidine groups is 1. The molecule has 2 atom stereocenters. The van der Waals surface area contributed by atoms with Gasteiger partial charge in [0.1, 0.15) is 11.4 Å². The van der Waals surface area contributed by atoms with Crippen LogP contribution in [0.15, 0.2) is 27.7 Å². The van der Waals surface area contributed by atoms with E-state index in [0.29, 0.717) is 9.64 Å². The van der Waals surface area contributed by atoms with Gasteiger partial charge in [-0.25, -0.2) is 9.18 Å². The smallest absolute Gasteiger partial charge is 0.413 e. The molecule has 0 radical (unpaired) electrons. The number of nitrogens with one attached hydrogen (secondary N) is 1. The Labute approximate surface area is 154 Å². The van der Waals surface area contributed by atoms with Crippen molar-refractivity contribution in [2.45, 2.75) is 57.4 Å². The number of ether oxygens (including phenoxy) is 1. The number of carbonyl (C=O) groups excluding carboxylic acids is 1. The Morgan fingerprint density at radius 3 is 2.75 bits per heavy atom. The van der Waals surface area contributed by atoms with Gasteiger partial charge in [0, 0.05) is 4.75 Å². The van der Waals surface area contributed by atoms with Crippen LogP contribution in [0.1, 0.15) is 46.6 Å². The van der Waals surface area contributed by atoms with Gasteiger partial charge < -0.3 is 4.74 Å². The number of hydrogen-bond acceptors (Lipinski definition) is 4. The molecule has 0 fully saturated rings. The average Bonchev–Trinajstić information content (AvgIpc) is 2.38. The van der Waals surface area contributed by atoms with Crippen molar-refractivity contribution in [3.05, 3.63) is 34.1 Å². The third-order valence-electron chi connectivity index (χ3n) is 3.48. The number of benzene rings is 1. The van der Waals surface area contributed by atoms with E-state index in [-0.39, 0.29) is 16.6 Å². The van der Waals surface area contributed by atoms with Crippen LogP contribution < -0.4 is 5.32 Å². The highest BCUT2D eigenvalue weighted by atomic mass is 79.9. The molecule has 0 aliphatic carbocycles. The molecule has 1 N–H and O–H groups in total. The second kappa shape index (κ2) is 7.04. The lowest BCUT2D eigenvalue weighted by molar-refractivity contribution is 0.0564. The number of thioether (sulfide) groups is 1. The van der Waals surface area contributed by atoms with Crippen LogP contribution in [0.5, 0.6) is 0 Å². The first-order chi connectivity index (χ1) is 11.0. The maximum atomic E-state index is 13.5. The van der Waals surface area contributed by atoms with Crippen LogP contribution >= 0.6 is 27.7 Å². The van der Waals surface area contributed by atoms with Gasteiger partial charge in [0.2, 0.25) is 0 Å².